The van der Waals surface area contributed by atoms with Crippen molar-refractivity contribution in [2.24, 2.45) is 12.0 Å². The van der Waals surface area contributed by atoms with Crippen molar-refractivity contribution in [3.63, 3.8) is 0 Å². The molecule has 27 heavy (non-hydrogen) atoms. The molecule has 2 aliphatic rings. The summed E-state index contributed by atoms with van der Waals surface area (Å²) in [7, 11) is 5.38. The Morgan fingerprint density at radius 1 is 1.41 bits per heavy atom. The van der Waals surface area contributed by atoms with Crippen LogP contribution in [0.3, 0.4) is 0 Å². The Kier molecular flexibility index (Phi) is 6.68. The van der Waals surface area contributed by atoms with Gasteiger partial charge < -0.3 is 24.6 Å². The van der Waals surface area contributed by atoms with Crippen molar-refractivity contribution in [2.45, 2.75) is 25.0 Å². The summed E-state index contributed by atoms with van der Waals surface area (Å²) in [5.41, 5.74) is 1.05. The van der Waals surface area contributed by atoms with E-state index in [-0.39, 0.29) is 24.7 Å². The number of guanidine groups is 1. The molecule has 9 heteroatoms. The first-order valence-corrected chi connectivity index (χ1v) is 9.48. The van der Waals surface area contributed by atoms with Crippen molar-refractivity contribution in [1.29, 1.82) is 0 Å². The lowest BCUT2D eigenvalue weighted by Gasteiger charge is -2.35. The normalized spacial score (nSPS) is 23.5. The van der Waals surface area contributed by atoms with E-state index in [9.17, 15) is 4.79 Å². The second-order valence-corrected chi connectivity index (χ2v) is 7.20. The van der Waals surface area contributed by atoms with E-state index in [1.165, 1.54) is 0 Å². The van der Waals surface area contributed by atoms with Crippen LogP contribution in [-0.2, 0) is 21.3 Å². The first-order chi connectivity index (χ1) is 13.0. The third-order valence-electron chi connectivity index (χ3n) is 4.84. The molecule has 0 radical (unpaired) electrons. The van der Waals surface area contributed by atoms with Crippen LogP contribution in [0.25, 0.3) is 0 Å². The van der Waals surface area contributed by atoms with Gasteiger partial charge in [0.05, 0.1) is 25.5 Å². The maximum absolute atomic E-state index is 12.0. The number of aryl methyl sites for hydroxylation is 1. The topological polar surface area (TPSA) is 84.2 Å². The van der Waals surface area contributed by atoms with Crippen LogP contribution >= 0.6 is 0 Å². The fourth-order valence-electron chi connectivity index (χ4n) is 3.21. The van der Waals surface area contributed by atoms with Gasteiger partial charge in [-0.3, -0.25) is 9.48 Å². The smallest absolute Gasteiger partial charge is 0.243 e. The van der Waals surface area contributed by atoms with E-state index >= 15 is 0 Å². The Morgan fingerprint density at radius 2 is 2.26 bits per heavy atom. The van der Waals surface area contributed by atoms with Gasteiger partial charge in [0.25, 0.3) is 0 Å². The number of aliphatic imine (C=N–C) groups is 1. The highest BCUT2D eigenvalue weighted by atomic mass is 16.5. The minimum atomic E-state index is -0.0632. The minimum Gasteiger partial charge on any atom is -0.376 e. The van der Waals surface area contributed by atoms with Gasteiger partial charge in [0, 0.05) is 52.6 Å². The maximum atomic E-state index is 12.0. The van der Waals surface area contributed by atoms with E-state index in [0.717, 1.165) is 37.5 Å². The number of amides is 1. The summed E-state index contributed by atoms with van der Waals surface area (Å²) >= 11 is 0. The quantitative estimate of drug-likeness (QED) is 0.574. The average Bonchev–Trinajstić information content (AvgIpc) is 3.33. The number of nitrogens with zero attached hydrogens (tertiary/aromatic N) is 5. The molecule has 9 nitrogen and oxygen atoms in total. The van der Waals surface area contributed by atoms with E-state index in [2.05, 4.69) is 20.3 Å². The summed E-state index contributed by atoms with van der Waals surface area (Å²) < 4.78 is 13.4. The third kappa shape index (κ3) is 5.43. The monoisotopic (exact) mass is 378 g/mol. The van der Waals surface area contributed by atoms with Crippen LogP contribution in [-0.4, -0.2) is 91.0 Å². The lowest BCUT2D eigenvalue weighted by molar-refractivity contribution is -0.127. The Bertz CT molecular complexity index is 653. The van der Waals surface area contributed by atoms with Crippen molar-refractivity contribution in [3.05, 3.63) is 18.0 Å². The van der Waals surface area contributed by atoms with E-state index < -0.39 is 0 Å². The first-order valence-electron chi connectivity index (χ1n) is 9.48. The summed E-state index contributed by atoms with van der Waals surface area (Å²) in [6.45, 7) is 3.63. The number of carbonyl (C=O) groups excluding carboxylic acids is 1. The van der Waals surface area contributed by atoms with Crippen LogP contribution < -0.4 is 5.32 Å². The Morgan fingerprint density at radius 3 is 2.93 bits per heavy atom. The number of nitrogens with one attached hydrogen (secondary N) is 1. The maximum Gasteiger partial charge on any atom is 0.243 e. The second-order valence-electron chi connectivity index (χ2n) is 7.20. The standard InChI is InChI=1S/C18H30N6O3/c1-22(2)17(25)11-20-18(19-10-15-5-4-7-26-15)24-6-8-27-16(13-24)14-9-21-23(3)12-14/h9,12,15-16H,4-8,10-11,13H2,1-3H3,(H,19,20). The summed E-state index contributed by atoms with van der Waals surface area (Å²) in [6.07, 6.45) is 6.10. The van der Waals surface area contributed by atoms with E-state index in [0.29, 0.717) is 19.7 Å². The van der Waals surface area contributed by atoms with E-state index in [4.69, 9.17) is 9.47 Å². The highest BCUT2D eigenvalue weighted by molar-refractivity contribution is 5.85. The predicted molar refractivity (Wildman–Crippen MR) is 101 cm³/mol. The van der Waals surface area contributed by atoms with Crippen molar-refractivity contribution in [3.8, 4) is 0 Å². The molecule has 2 unspecified atom stereocenters. The van der Waals surface area contributed by atoms with Gasteiger partial charge in [-0.05, 0) is 12.8 Å². The van der Waals surface area contributed by atoms with Crippen LogP contribution in [0.2, 0.25) is 0 Å². The van der Waals surface area contributed by atoms with Crippen LogP contribution in [0.1, 0.15) is 24.5 Å². The SMILES string of the molecule is CN(C)C(=O)CN=C(NCC1CCCO1)N1CCOC(c2cnn(C)c2)C1. The molecular formula is C18H30N6O3. The average molecular weight is 378 g/mol. The van der Waals surface area contributed by atoms with Gasteiger partial charge in [-0.15, -0.1) is 0 Å². The van der Waals surface area contributed by atoms with Gasteiger partial charge in [0.2, 0.25) is 5.91 Å². The van der Waals surface area contributed by atoms with Gasteiger partial charge in [0.1, 0.15) is 12.6 Å². The van der Waals surface area contributed by atoms with Crippen LogP contribution in [0.4, 0.5) is 0 Å². The molecule has 0 saturated carbocycles. The molecule has 1 aromatic heterocycles. The molecule has 2 atom stereocenters. The third-order valence-corrected chi connectivity index (χ3v) is 4.84. The number of carbonyl (C=O) groups is 1. The molecule has 150 valence electrons. The van der Waals surface area contributed by atoms with Crippen LogP contribution in [0, 0.1) is 0 Å². The number of rotatable bonds is 5. The number of morpholine rings is 1. The Hall–Kier alpha value is -2.13. The molecule has 2 aliphatic heterocycles. The van der Waals surface area contributed by atoms with Gasteiger partial charge in [-0.1, -0.05) is 0 Å². The highest BCUT2D eigenvalue weighted by Gasteiger charge is 2.26. The van der Waals surface area contributed by atoms with Gasteiger partial charge in [-0.2, -0.15) is 5.10 Å². The molecule has 1 amide bonds. The summed E-state index contributed by atoms with van der Waals surface area (Å²) in [5, 5.41) is 7.64. The van der Waals surface area contributed by atoms with Gasteiger partial charge in [0.15, 0.2) is 5.96 Å². The molecule has 1 aromatic rings. The predicted octanol–water partition coefficient (Wildman–Crippen LogP) is 0.00620. The van der Waals surface area contributed by atoms with Crippen LogP contribution in [0.15, 0.2) is 17.4 Å². The fraction of sp³-hybridized carbons (Fsp3) is 0.722. The lowest BCUT2D eigenvalue weighted by Crippen LogP contribution is -2.50. The van der Waals surface area contributed by atoms with Crippen molar-refractivity contribution >= 4 is 11.9 Å². The highest BCUT2D eigenvalue weighted by Crippen LogP contribution is 2.21. The summed E-state index contributed by atoms with van der Waals surface area (Å²) in [4.78, 5) is 20.3. The number of hydrogen-bond acceptors (Lipinski definition) is 5. The van der Waals surface area contributed by atoms with E-state index in [1.54, 1.807) is 23.7 Å². The first kappa shape index (κ1) is 19.6. The molecule has 0 spiro atoms. The zero-order valence-corrected chi connectivity index (χ0v) is 16.4. The summed E-state index contributed by atoms with van der Waals surface area (Å²) in [5.74, 6) is 0.710. The Labute approximate surface area is 160 Å². The molecule has 0 aromatic carbocycles. The van der Waals surface area contributed by atoms with Crippen molar-refractivity contribution < 1.29 is 14.3 Å². The zero-order valence-electron chi connectivity index (χ0n) is 16.4. The van der Waals surface area contributed by atoms with Gasteiger partial charge >= 0.3 is 0 Å². The minimum absolute atomic E-state index is 0.0246. The number of hydrogen-bond donors (Lipinski definition) is 1. The number of ether oxygens (including phenoxy) is 2. The molecule has 1 N–H and O–H groups in total. The molecule has 0 bridgehead atoms. The Balaban J connectivity index is 1.67. The largest absolute Gasteiger partial charge is 0.376 e. The van der Waals surface area contributed by atoms with E-state index in [1.807, 2.05) is 19.4 Å². The van der Waals surface area contributed by atoms with Crippen LogP contribution in [0.5, 0.6) is 0 Å². The van der Waals surface area contributed by atoms with Gasteiger partial charge in [-0.25, -0.2) is 4.99 Å². The molecular weight excluding hydrogens is 348 g/mol. The lowest BCUT2D eigenvalue weighted by atomic mass is 10.1. The molecule has 2 fully saturated rings. The molecule has 2 saturated heterocycles. The molecule has 0 aliphatic carbocycles. The fourth-order valence-corrected chi connectivity index (χ4v) is 3.21. The number of likely N-dealkylation sites (N-methyl/N-ethyl adjacent to an activating group) is 1. The zero-order chi connectivity index (χ0) is 19.2. The molecule has 3 heterocycles. The second kappa shape index (κ2) is 9.18. The van der Waals surface area contributed by atoms with Crippen molar-refractivity contribution in [1.82, 2.24) is 24.9 Å². The van der Waals surface area contributed by atoms with Crippen molar-refractivity contribution in [2.75, 3.05) is 53.5 Å². The molecule has 3 rings (SSSR count). The number of aromatic nitrogens is 2. The summed E-state index contributed by atoms with van der Waals surface area (Å²) in [6, 6.07) is 0.